The van der Waals surface area contributed by atoms with Crippen molar-refractivity contribution in [1.82, 2.24) is 10.2 Å². The van der Waals surface area contributed by atoms with Crippen LogP contribution >= 0.6 is 11.8 Å². The molecule has 1 rings (SSSR count). The number of amides is 2. The van der Waals surface area contributed by atoms with Crippen molar-refractivity contribution in [1.29, 1.82) is 0 Å². The summed E-state index contributed by atoms with van der Waals surface area (Å²) in [4.78, 5) is 25.3. The number of carbonyl (C=O) groups is 2. The molecule has 2 unspecified atom stereocenters. The fourth-order valence-corrected chi connectivity index (χ4v) is 3.10. The van der Waals surface area contributed by atoms with Gasteiger partial charge in [-0.15, -0.1) is 0 Å². The molecular weight excluding hydrogens is 276 g/mol. The van der Waals surface area contributed by atoms with Crippen LogP contribution in [0.1, 0.15) is 45.4 Å². The van der Waals surface area contributed by atoms with Crippen LogP contribution in [-0.4, -0.2) is 52.6 Å². The van der Waals surface area contributed by atoms with Crippen molar-refractivity contribution in [2.75, 3.05) is 18.6 Å². The van der Waals surface area contributed by atoms with Gasteiger partial charge in [0.25, 0.3) is 0 Å². The molecule has 0 spiro atoms. The van der Waals surface area contributed by atoms with Gasteiger partial charge in [-0.05, 0) is 44.1 Å². The number of urea groups is 1. The second-order valence-electron chi connectivity index (χ2n) is 5.25. The Bertz CT molecular complexity index is 324. The fourth-order valence-electron chi connectivity index (χ4n) is 2.63. The minimum atomic E-state index is -0.948. The van der Waals surface area contributed by atoms with Crippen molar-refractivity contribution in [2.24, 2.45) is 0 Å². The zero-order valence-electron chi connectivity index (χ0n) is 12.4. The molecule has 116 valence electrons. The maximum absolute atomic E-state index is 12.3. The smallest absolute Gasteiger partial charge is 0.326 e. The summed E-state index contributed by atoms with van der Waals surface area (Å²) < 4.78 is 0. The van der Waals surface area contributed by atoms with Crippen molar-refractivity contribution < 1.29 is 14.7 Å². The lowest BCUT2D eigenvalue weighted by molar-refractivity contribution is -0.139. The summed E-state index contributed by atoms with van der Waals surface area (Å²) >= 11 is 1.59. The van der Waals surface area contributed by atoms with E-state index in [2.05, 4.69) is 12.2 Å². The van der Waals surface area contributed by atoms with E-state index in [-0.39, 0.29) is 12.1 Å². The highest BCUT2D eigenvalue weighted by atomic mass is 32.2. The molecule has 1 heterocycles. The third-order valence-corrected chi connectivity index (χ3v) is 4.36. The lowest BCUT2D eigenvalue weighted by atomic mass is 9.98. The third-order valence-electron chi connectivity index (χ3n) is 3.72. The first-order valence-electron chi connectivity index (χ1n) is 7.39. The SMILES string of the molecule is CCCC1CCCCN1C(=O)NC(CCSC)C(=O)O. The molecule has 0 radical (unpaired) electrons. The highest BCUT2D eigenvalue weighted by molar-refractivity contribution is 7.98. The van der Waals surface area contributed by atoms with Gasteiger partial charge >= 0.3 is 12.0 Å². The molecule has 5 nitrogen and oxygen atoms in total. The monoisotopic (exact) mass is 302 g/mol. The van der Waals surface area contributed by atoms with Crippen LogP contribution in [0.2, 0.25) is 0 Å². The summed E-state index contributed by atoms with van der Waals surface area (Å²) in [7, 11) is 0. The van der Waals surface area contributed by atoms with E-state index in [1.165, 1.54) is 0 Å². The van der Waals surface area contributed by atoms with Crippen molar-refractivity contribution >= 4 is 23.8 Å². The van der Waals surface area contributed by atoms with E-state index in [1.807, 2.05) is 11.2 Å². The zero-order valence-corrected chi connectivity index (χ0v) is 13.2. The van der Waals surface area contributed by atoms with Gasteiger partial charge in [0, 0.05) is 12.6 Å². The largest absolute Gasteiger partial charge is 0.480 e. The average molecular weight is 302 g/mol. The van der Waals surface area contributed by atoms with Crippen molar-refractivity contribution in [3.05, 3.63) is 0 Å². The molecule has 20 heavy (non-hydrogen) atoms. The predicted octanol–water partition coefficient (Wildman–Crippen LogP) is 2.56. The number of carbonyl (C=O) groups excluding carboxylic acids is 1. The predicted molar refractivity (Wildman–Crippen MR) is 82.2 cm³/mol. The Morgan fingerprint density at radius 1 is 1.45 bits per heavy atom. The van der Waals surface area contributed by atoms with E-state index in [1.54, 1.807) is 11.8 Å². The molecule has 0 aromatic rings. The summed E-state index contributed by atoms with van der Waals surface area (Å²) in [5.41, 5.74) is 0. The van der Waals surface area contributed by atoms with Crippen LogP contribution < -0.4 is 5.32 Å². The molecule has 1 saturated heterocycles. The van der Waals surface area contributed by atoms with E-state index in [9.17, 15) is 14.7 Å². The highest BCUT2D eigenvalue weighted by Gasteiger charge is 2.28. The van der Waals surface area contributed by atoms with Crippen molar-refractivity contribution in [3.63, 3.8) is 0 Å². The Labute approximate surface area is 125 Å². The van der Waals surface area contributed by atoms with Gasteiger partial charge < -0.3 is 15.3 Å². The van der Waals surface area contributed by atoms with Crippen molar-refractivity contribution in [3.8, 4) is 0 Å². The van der Waals surface area contributed by atoms with E-state index >= 15 is 0 Å². The van der Waals surface area contributed by atoms with E-state index in [4.69, 9.17) is 0 Å². The van der Waals surface area contributed by atoms with Crippen LogP contribution in [0.5, 0.6) is 0 Å². The molecule has 0 aliphatic carbocycles. The Morgan fingerprint density at radius 2 is 2.20 bits per heavy atom. The van der Waals surface area contributed by atoms with Gasteiger partial charge in [0.1, 0.15) is 6.04 Å². The molecule has 0 aromatic heterocycles. The number of hydrogen-bond donors (Lipinski definition) is 2. The van der Waals surface area contributed by atoms with Crippen molar-refractivity contribution in [2.45, 2.75) is 57.5 Å². The molecule has 1 aliphatic heterocycles. The van der Waals surface area contributed by atoms with Crippen LogP contribution in [0.4, 0.5) is 4.79 Å². The fraction of sp³-hybridized carbons (Fsp3) is 0.857. The van der Waals surface area contributed by atoms with E-state index in [0.717, 1.165) is 44.4 Å². The number of carboxylic acid groups (broad SMARTS) is 1. The summed E-state index contributed by atoms with van der Waals surface area (Å²) in [5, 5.41) is 11.9. The van der Waals surface area contributed by atoms with Gasteiger partial charge in [0.15, 0.2) is 0 Å². The molecule has 0 bridgehead atoms. The zero-order chi connectivity index (χ0) is 15.0. The van der Waals surface area contributed by atoms with Gasteiger partial charge in [0.05, 0.1) is 0 Å². The summed E-state index contributed by atoms with van der Waals surface area (Å²) in [5.74, 6) is -0.216. The first-order valence-corrected chi connectivity index (χ1v) is 8.78. The number of nitrogens with zero attached hydrogens (tertiary/aromatic N) is 1. The molecule has 6 heteroatoms. The van der Waals surface area contributed by atoms with Crippen LogP contribution in [0.15, 0.2) is 0 Å². The lowest BCUT2D eigenvalue weighted by Gasteiger charge is -2.36. The average Bonchev–Trinajstić information content (AvgIpc) is 2.43. The number of hydrogen-bond acceptors (Lipinski definition) is 3. The standard InChI is InChI=1S/C14H26N2O3S/c1-3-6-11-7-4-5-9-16(11)14(19)15-12(13(17)18)8-10-20-2/h11-12H,3-10H2,1-2H3,(H,15,19)(H,17,18). The van der Waals surface area contributed by atoms with Crippen LogP contribution in [0, 0.1) is 0 Å². The number of piperidine rings is 1. The molecule has 2 N–H and O–H groups in total. The molecule has 0 saturated carbocycles. The Balaban J connectivity index is 2.58. The topological polar surface area (TPSA) is 69.6 Å². The number of nitrogens with one attached hydrogen (secondary N) is 1. The van der Waals surface area contributed by atoms with E-state index < -0.39 is 12.0 Å². The molecule has 2 atom stereocenters. The normalized spacial score (nSPS) is 20.5. The lowest BCUT2D eigenvalue weighted by Crippen LogP contribution is -2.53. The van der Waals surface area contributed by atoms with Gasteiger partial charge in [-0.1, -0.05) is 13.3 Å². The Morgan fingerprint density at radius 3 is 2.80 bits per heavy atom. The third kappa shape index (κ3) is 5.23. The minimum absolute atomic E-state index is 0.211. The molecule has 1 fully saturated rings. The molecule has 1 aliphatic rings. The number of carboxylic acids is 1. The number of rotatable bonds is 7. The minimum Gasteiger partial charge on any atom is -0.480 e. The maximum Gasteiger partial charge on any atom is 0.326 e. The highest BCUT2D eigenvalue weighted by Crippen LogP contribution is 2.21. The number of thioether (sulfide) groups is 1. The Hall–Kier alpha value is -0.910. The maximum atomic E-state index is 12.3. The number of aliphatic carboxylic acids is 1. The van der Waals surface area contributed by atoms with Gasteiger partial charge in [-0.3, -0.25) is 0 Å². The summed E-state index contributed by atoms with van der Waals surface area (Å²) in [6.45, 7) is 2.86. The first-order chi connectivity index (χ1) is 9.60. The van der Waals surface area contributed by atoms with Crippen LogP contribution in [-0.2, 0) is 4.79 Å². The van der Waals surface area contributed by atoms with E-state index in [0.29, 0.717) is 6.42 Å². The van der Waals surface area contributed by atoms with Gasteiger partial charge in [-0.2, -0.15) is 11.8 Å². The quantitative estimate of drug-likeness (QED) is 0.758. The van der Waals surface area contributed by atoms with Gasteiger partial charge in [-0.25, -0.2) is 9.59 Å². The molecule has 2 amide bonds. The first kappa shape index (κ1) is 17.1. The van der Waals surface area contributed by atoms with Crippen LogP contribution in [0.3, 0.4) is 0 Å². The second-order valence-corrected chi connectivity index (χ2v) is 6.24. The second kappa shape index (κ2) is 9.10. The molecular formula is C14H26N2O3S. The van der Waals surface area contributed by atoms with Crippen LogP contribution in [0.25, 0.3) is 0 Å². The molecule has 0 aromatic carbocycles. The number of likely N-dealkylation sites (tertiary alicyclic amines) is 1. The Kier molecular flexibility index (Phi) is 7.80. The summed E-state index contributed by atoms with van der Waals surface area (Å²) in [6, 6.07) is -0.723. The van der Waals surface area contributed by atoms with Gasteiger partial charge in [0.2, 0.25) is 0 Å². The summed E-state index contributed by atoms with van der Waals surface area (Å²) in [6.07, 6.45) is 7.64.